The number of nitrogens with zero attached hydrogens (tertiary/aromatic N) is 2. The van der Waals surface area contributed by atoms with Crippen molar-refractivity contribution in [1.82, 2.24) is 4.98 Å². The molecule has 2 rings (SSSR count). The van der Waals surface area contributed by atoms with Crippen LogP contribution < -0.4 is 9.30 Å². The molecule has 0 bridgehead atoms. The maximum absolute atomic E-state index is 12.1. The number of carboxylic acids is 1. The molecule has 0 aliphatic rings. The van der Waals surface area contributed by atoms with Gasteiger partial charge in [0.1, 0.15) is 6.20 Å². The van der Waals surface area contributed by atoms with Crippen LogP contribution in [-0.2, 0) is 11.3 Å². The van der Waals surface area contributed by atoms with Gasteiger partial charge in [0, 0.05) is 5.56 Å². The van der Waals surface area contributed by atoms with Gasteiger partial charge in [-0.15, -0.1) is 0 Å². The van der Waals surface area contributed by atoms with E-state index >= 15 is 0 Å². The second-order valence-electron chi connectivity index (χ2n) is 4.01. The Morgan fingerprint density at radius 3 is 2.70 bits per heavy atom. The number of ketones is 1. The Kier molecular flexibility index (Phi) is 4.39. The van der Waals surface area contributed by atoms with Crippen molar-refractivity contribution in [3.8, 4) is 5.88 Å². The van der Waals surface area contributed by atoms with Gasteiger partial charge < -0.3 is 9.84 Å². The Balaban J connectivity index is 2.13. The van der Waals surface area contributed by atoms with E-state index in [0.717, 1.165) is 0 Å². The maximum Gasteiger partial charge on any atom is 0.387 e. The van der Waals surface area contributed by atoms with Crippen molar-refractivity contribution in [3.05, 3.63) is 54.5 Å². The number of rotatable bonds is 6. The number of hydrogen-bond donors (Lipinski definition) is 1. The van der Waals surface area contributed by atoms with Gasteiger partial charge in [-0.05, 0) is 0 Å². The predicted molar refractivity (Wildman–Crippen MR) is 68.3 cm³/mol. The lowest BCUT2D eigenvalue weighted by Crippen LogP contribution is -2.40. The van der Waals surface area contributed by atoms with Crippen molar-refractivity contribution in [1.29, 1.82) is 0 Å². The van der Waals surface area contributed by atoms with Crippen LogP contribution in [0.5, 0.6) is 5.88 Å². The lowest BCUT2D eigenvalue weighted by molar-refractivity contribution is -0.688. The van der Waals surface area contributed by atoms with Gasteiger partial charge in [-0.3, -0.25) is 4.79 Å². The molecule has 0 spiro atoms. The summed E-state index contributed by atoms with van der Waals surface area (Å²) in [6, 6.07) is 8.85. The fourth-order valence-corrected chi connectivity index (χ4v) is 1.63. The third-order valence-electron chi connectivity index (χ3n) is 2.55. The van der Waals surface area contributed by atoms with Crippen LogP contribution in [0.2, 0.25) is 0 Å². The average Bonchev–Trinajstić information content (AvgIpc) is 2.47. The van der Waals surface area contributed by atoms with Crippen LogP contribution in [0, 0.1) is 0 Å². The number of carbonyl (C=O) groups is 2. The second-order valence-corrected chi connectivity index (χ2v) is 4.01. The lowest BCUT2D eigenvalue weighted by Gasteiger charge is -2.03. The predicted octanol–water partition coefficient (Wildman–Crippen LogP) is 0.715. The van der Waals surface area contributed by atoms with E-state index in [1.807, 2.05) is 6.07 Å². The zero-order valence-electron chi connectivity index (χ0n) is 10.6. The standard InChI is InChI=1S/C14H12N2O4/c17-12(11-4-2-1-3-5-11)9-16-7-6-15-8-13(16)20-10-14(18)19/h1-8H,9-10H2/p+1. The highest BCUT2D eigenvalue weighted by Crippen LogP contribution is 2.03. The van der Waals surface area contributed by atoms with Gasteiger partial charge in [-0.1, -0.05) is 30.3 Å². The van der Waals surface area contributed by atoms with Gasteiger partial charge in [0.2, 0.25) is 12.3 Å². The first-order valence-electron chi connectivity index (χ1n) is 5.93. The summed E-state index contributed by atoms with van der Waals surface area (Å²) < 4.78 is 6.60. The average molecular weight is 273 g/mol. The third kappa shape index (κ3) is 3.61. The summed E-state index contributed by atoms with van der Waals surface area (Å²) in [4.78, 5) is 26.5. The number of carboxylic acid groups (broad SMARTS) is 1. The molecule has 6 nitrogen and oxygen atoms in total. The van der Waals surface area contributed by atoms with E-state index in [1.54, 1.807) is 30.5 Å². The van der Waals surface area contributed by atoms with Crippen LogP contribution >= 0.6 is 0 Å². The molecule has 1 aromatic carbocycles. The van der Waals surface area contributed by atoms with E-state index < -0.39 is 12.6 Å². The molecule has 0 aliphatic carbocycles. The number of aromatic nitrogens is 2. The quantitative estimate of drug-likeness (QED) is 0.619. The number of Topliss-reactive ketones (excluding diaryl/α,β-unsaturated/α-hetero) is 1. The molecule has 2 aromatic rings. The number of hydrogen-bond acceptors (Lipinski definition) is 4. The molecule has 20 heavy (non-hydrogen) atoms. The Morgan fingerprint density at radius 2 is 2.00 bits per heavy atom. The maximum atomic E-state index is 12.1. The topological polar surface area (TPSA) is 80.4 Å². The molecular weight excluding hydrogens is 260 g/mol. The van der Waals surface area contributed by atoms with E-state index in [1.165, 1.54) is 17.0 Å². The first kappa shape index (κ1) is 13.7. The second kappa shape index (κ2) is 6.42. The molecule has 0 fully saturated rings. The zero-order chi connectivity index (χ0) is 14.4. The molecule has 0 radical (unpaired) electrons. The first-order chi connectivity index (χ1) is 9.66. The number of ether oxygens (including phenoxy) is 1. The SMILES string of the molecule is O=C(O)COc1cncc[n+]1CC(=O)c1ccccc1. The van der Waals surface area contributed by atoms with Gasteiger partial charge in [-0.2, -0.15) is 4.57 Å². The highest BCUT2D eigenvalue weighted by Gasteiger charge is 2.18. The molecule has 6 heteroatoms. The molecule has 1 heterocycles. The molecule has 0 saturated heterocycles. The van der Waals surface area contributed by atoms with E-state index in [4.69, 9.17) is 9.84 Å². The molecule has 102 valence electrons. The smallest absolute Gasteiger partial charge is 0.387 e. The summed E-state index contributed by atoms with van der Waals surface area (Å²) in [5.74, 6) is -0.948. The van der Waals surface area contributed by atoms with Crippen LogP contribution in [0.15, 0.2) is 48.9 Å². The van der Waals surface area contributed by atoms with Crippen molar-refractivity contribution < 1.29 is 24.0 Å². The number of aliphatic carboxylic acids is 1. The van der Waals surface area contributed by atoms with Crippen LogP contribution in [0.4, 0.5) is 0 Å². The lowest BCUT2D eigenvalue weighted by atomic mass is 10.1. The molecular formula is C14H13N2O4+. The van der Waals surface area contributed by atoms with Gasteiger partial charge in [0.05, 0.1) is 6.20 Å². The summed E-state index contributed by atoms with van der Waals surface area (Å²) in [6.07, 6.45) is 4.45. The van der Waals surface area contributed by atoms with Gasteiger partial charge in [-0.25, -0.2) is 9.78 Å². The Hall–Kier alpha value is -2.76. The van der Waals surface area contributed by atoms with E-state index in [9.17, 15) is 9.59 Å². The molecule has 0 amide bonds. The summed E-state index contributed by atoms with van der Waals surface area (Å²) in [5.41, 5.74) is 0.584. The first-order valence-corrected chi connectivity index (χ1v) is 5.93. The van der Waals surface area contributed by atoms with Gasteiger partial charge in [0.15, 0.2) is 12.8 Å². The van der Waals surface area contributed by atoms with Gasteiger partial charge in [0.25, 0.3) is 0 Å². The number of carbonyl (C=O) groups excluding carboxylic acids is 1. The summed E-state index contributed by atoms with van der Waals surface area (Å²) in [6.45, 7) is -0.424. The molecule has 0 aliphatic heterocycles. The Morgan fingerprint density at radius 1 is 1.25 bits per heavy atom. The minimum Gasteiger partial charge on any atom is -0.479 e. The monoisotopic (exact) mass is 273 g/mol. The normalized spacial score (nSPS) is 10.0. The van der Waals surface area contributed by atoms with Crippen molar-refractivity contribution in [3.63, 3.8) is 0 Å². The molecule has 0 unspecified atom stereocenters. The largest absolute Gasteiger partial charge is 0.479 e. The van der Waals surface area contributed by atoms with E-state index in [0.29, 0.717) is 5.56 Å². The third-order valence-corrected chi connectivity index (χ3v) is 2.55. The van der Waals surface area contributed by atoms with Crippen LogP contribution in [0.3, 0.4) is 0 Å². The molecule has 0 saturated carbocycles. The Bertz CT molecular complexity index is 614. The minimum absolute atomic E-state index is 0.0570. The van der Waals surface area contributed by atoms with Crippen molar-refractivity contribution >= 4 is 11.8 Å². The summed E-state index contributed by atoms with van der Waals surface area (Å²) in [5, 5.41) is 8.60. The fraction of sp³-hybridized carbons (Fsp3) is 0.143. The summed E-state index contributed by atoms with van der Waals surface area (Å²) in [7, 11) is 0. The molecule has 1 N–H and O–H groups in total. The van der Waals surface area contributed by atoms with Crippen LogP contribution in [0.25, 0.3) is 0 Å². The van der Waals surface area contributed by atoms with Crippen LogP contribution in [-0.4, -0.2) is 28.4 Å². The van der Waals surface area contributed by atoms with E-state index in [-0.39, 0.29) is 18.2 Å². The van der Waals surface area contributed by atoms with E-state index in [2.05, 4.69) is 4.98 Å². The van der Waals surface area contributed by atoms with Crippen LogP contribution in [0.1, 0.15) is 10.4 Å². The minimum atomic E-state index is -1.09. The number of benzene rings is 1. The van der Waals surface area contributed by atoms with Crippen molar-refractivity contribution in [2.75, 3.05) is 6.61 Å². The highest BCUT2D eigenvalue weighted by molar-refractivity contribution is 5.94. The molecule has 0 atom stereocenters. The van der Waals surface area contributed by atoms with Crippen molar-refractivity contribution in [2.24, 2.45) is 0 Å². The zero-order valence-corrected chi connectivity index (χ0v) is 10.6. The highest BCUT2D eigenvalue weighted by atomic mass is 16.5. The van der Waals surface area contributed by atoms with Crippen molar-refractivity contribution in [2.45, 2.75) is 6.54 Å². The fourth-order valence-electron chi connectivity index (χ4n) is 1.63. The Labute approximate surface area is 115 Å². The summed E-state index contributed by atoms with van der Waals surface area (Å²) >= 11 is 0. The van der Waals surface area contributed by atoms with Gasteiger partial charge >= 0.3 is 11.8 Å². The molecule has 1 aromatic heterocycles.